The van der Waals surface area contributed by atoms with E-state index in [0.29, 0.717) is 16.3 Å². The molecule has 26 heavy (non-hydrogen) atoms. The molecule has 3 nitrogen and oxygen atoms in total. The summed E-state index contributed by atoms with van der Waals surface area (Å²) in [7, 11) is 0. The standard InChI is InChI=1S/C21H16ClFO3/c22-17-11-9-15(10-12-17)13-25-20-8-4-2-6-18(20)21(24)26-14-16-5-1-3-7-19(16)23/h1-12H,13-14H2. The van der Waals surface area contributed by atoms with Gasteiger partial charge in [0.2, 0.25) is 0 Å². The van der Waals surface area contributed by atoms with Gasteiger partial charge >= 0.3 is 5.97 Å². The predicted octanol–water partition coefficient (Wildman–Crippen LogP) is 5.42. The van der Waals surface area contributed by atoms with Crippen LogP contribution in [0.2, 0.25) is 5.02 Å². The van der Waals surface area contributed by atoms with E-state index in [1.54, 1.807) is 54.6 Å². The largest absolute Gasteiger partial charge is 0.488 e. The van der Waals surface area contributed by atoms with Gasteiger partial charge in [0.15, 0.2) is 0 Å². The lowest BCUT2D eigenvalue weighted by molar-refractivity contribution is 0.0464. The van der Waals surface area contributed by atoms with Crippen molar-refractivity contribution in [3.8, 4) is 5.75 Å². The predicted molar refractivity (Wildman–Crippen MR) is 97.7 cm³/mol. The van der Waals surface area contributed by atoms with E-state index in [0.717, 1.165) is 5.56 Å². The number of ether oxygens (including phenoxy) is 2. The summed E-state index contributed by atoms with van der Waals surface area (Å²) in [6.45, 7) is 0.145. The van der Waals surface area contributed by atoms with Crippen molar-refractivity contribution >= 4 is 17.6 Å². The van der Waals surface area contributed by atoms with Gasteiger partial charge < -0.3 is 9.47 Å². The van der Waals surface area contributed by atoms with Crippen LogP contribution in [0.5, 0.6) is 5.75 Å². The molecule has 3 aromatic rings. The van der Waals surface area contributed by atoms with E-state index < -0.39 is 11.8 Å². The van der Waals surface area contributed by atoms with Crippen LogP contribution in [-0.4, -0.2) is 5.97 Å². The van der Waals surface area contributed by atoms with Crippen molar-refractivity contribution in [3.05, 3.63) is 100 Å². The molecule has 3 rings (SSSR count). The highest BCUT2D eigenvalue weighted by Crippen LogP contribution is 2.21. The molecule has 0 heterocycles. The van der Waals surface area contributed by atoms with Crippen molar-refractivity contribution in [3.63, 3.8) is 0 Å². The lowest BCUT2D eigenvalue weighted by Gasteiger charge is -2.11. The van der Waals surface area contributed by atoms with Crippen LogP contribution in [0.25, 0.3) is 0 Å². The van der Waals surface area contributed by atoms with Gasteiger partial charge in [0, 0.05) is 10.6 Å². The molecule has 0 aromatic heterocycles. The Labute approximate surface area is 155 Å². The number of benzene rings is 3. The van der Waals surface area contributed by atoms with E-state index in [4.69, 9.17) is 21.1 Å². The Morgan fingerprint density at radius 2 is 1.58 bits per heavy atom. The minimum atomic E-state index is -0.569. The van der Waals surface area contributed by atoms with E-state index in [2.05, 4.69) is 0 Å². The smallest absolute Gasteiger partial charge is 0.342 e. The minimum absolute atomic E-state index is 0.142. The average molecular weight is 371 g/mol. The summed E-state index contributed by atoms with van der Waals surface area (Å²) in [5.41, 5.74) is 1.53. The molecule has 3 aromatic carbocycles. The van der Waals surface area contributed by atoms with Crippen LogP contribution in [0.4, 0.5) is 4.39 Å². The third kappa shape index (κ3) is 4.61. The SMILES string of the molecule is O=C(OCc1ccccc1F)c1ccccc1OCc1ccc(Cl)cc1. The van der Waals surface area contributed by atoms with Gasteiger partial charge in [0.25, 0.3) is 0 Å². The molecular formula is C21H16ClFO3. The number of hydrogen-bond donors (Lipinski definition) is 0. The highest BCUT2D eigenvalue weighted by Gasteiger charge is 2.14. The molecule has 0 saturated carbocycles. The molecule has 0 atom stereocenters. The van der Waals surface area contributed by atoms with Gasteiger partial charge in [-0.15, -0.1) is 0 Å². The monoisotopic (exact) mass is 370 g/mol. The Morgan fingerprint density at radius 1 is 0.885 bits per heavy atom. The number of esters is 1. The number of carbonyl (C=O) groups is 1. The molecule has 5 heteroatoms. The van der Waals surface area contributed by atoms with Crippen LogP contribution in [0.1, 0.15) is 21.5 Å². The Kier molecular flexibility index (Phi) is 5.87. The molecule has 0 bridgehead atoms. The average Bonchev–Trinajstić information content (AvgIpc) is 2.67. The van der Waals surface area contributed by atoms with Gasteiger partial charge in [-0.25, -0.2) is 9.18 Å². The molecule has 0 aliphatic carbocycles. The van der Waals surface area contributed by atoms with Crippen molar-refractivity contribution in [2.75, 3.05) is 0 Å². The van der Waals surface area contributed by atoms with E-state index in [-0.39, 0.29) is 18.8 Å². The summed E-state index contributed by atoms with van der Waals surface area (Å²) in [6.07, 6.45) is 0. The van der Waals surface area contributed by atoms with Crippen molar-refractivity contribution in [1.29, 1.82) is 0 Å². The summed E-state index contributed by atoms with van der Waals surface area (Å²) in [5, 5.41) is 0.644. The zero-order valence-corrected chi connectivity index (χ0v) is 14.6. The second-order valence-corrected chi connectivity index (χ2v) is 6.02. The Morgan fingerprint density at radius 3 is 2.35 bits per heavy atom. The summed E-state index contributed by atoms with van der Waals surface area (Å²) < 4.78 is 24.6. The fourth-order valence-corrected chi connectivity index (χ4v) is 2.47. The van der Waals surface area contributed by atoms with Gasteiger partial charge in [0.1, 0.15) is 30.3 Å². The fourth-order valence-electron chi connectivity index (χ4n) is 2.34. The first-order valence-electron chi connectivity index (χ1n) is 8.00. The molecule has 0 radical (unpaired) electrons. The maximum absolute atomic E-state index is 13.6. The third-order valence-electron chi connectivity index (χ3n) is 3.73. The van der Waals surface area contributed by atoms with E-state index in [1.165, 1.54) is 6.07 Å². The zero-order chi connectivity index (χ0) is 18.4. The Bertz CT molecular complexity index is 894. The van der Waals surface area contributed by atoms with E-state index >= 15 is 0 Å². The van der Waals surface area contributed by atoms with Crippen molar-refractivity contribution in [2.24, 2.45) is 0 Å². The molecule has 0 amide bonds. The molecule has 0 spiro atoms. The second kappa shape index (κ2) is 8.50. The van der Waals surface area contributed by atoms with Crippen LogP contribution >= 0.6 is 11.6 Å². The summed E-state index contributed by atoms with van der Waals surface area (Å²) in [4.78, 5) is 12.4. The molecule has 0 unspecified atom stereocenters. The first-order valence-corrected chi connectivity index (χ1v) is 8.38. The normalized spacial score (nSPS) is 10.4. The van der Waals surface area contributed by atoms with Gasteiger partial charge in [-0.1, -0.05) is 54.1 Å². The topological polar surface area (TPSA) is 35.5 Å². The lowest BCUT2D eigenvalue weighted by Crippen LogP contribution is -2.09. The summed E-state index contributed by atoms with van der Waals surface area (Å²) in [6, 6.07) is 20.2. The molecule has 0 saturated heterocycles. The Balaban J connectivity index is 1.67. The lowest BCUT2D eigenvalue weighted by atomic mass is 10.2. The van der Waals surface area contributed by atoms with Gasteiger partial charge in [-0.3, -0.25) is 0 Å². The number of hydrogen-bond acceptors (Lipinski definition) is 3. The van der Waals surface area contributed by atoms with Crippen LogP contribution in [0.15, 0.2) is 72.8 Å². The molecule has 0 fully saturated rings. The van der Waals surface area contributed by atoms with Crippen LogP contribution in [0.3, 0.4) is 0 Å². The number of carbonyl (C=O) groups excluding carboxylic acids is 1. The highest BCUT2D eigenvalue weighted by molar-refractivity contribution is 6.30. The first-order chi connectivity index (χ1) is 12.6. The van der Waals surface area contributed by atoms with Crippen LogP contribution < -0.4 is 4.74 Å². The van der Waals surface area contributed by atoms with Gasteiger partial charge in [0.05, 0.1) is 0 Å². The maximum atomic E-state index is 13.6. The van der Waals surface area contributed by atoms with Crippen molar-refractivity contribution in [2.45, 2.75) is 13.2 Å². The minimum Gasteiger partial charge on any atom is -0.488 e. The molecule has 0 aliphatic heterocycles. The molecule has 0 aliphatic rings. The third-order valence-corrected chi connectivity index (χ3v) is 3.98. The quantitative estimate of drug-likeness (QED) is 0.544. The maximum Gasteiger partial charge on any atom is 0.342 e. The Hall–Kier alpha value is -2.85. The molecule has 132 valence electrons. The molecular weight excluding hydrogens is 355 g/mol. The number of para-hydroxylation sites is 1. The van der Waals surface area contributed by atoms with Crippen LogP contribution in [-0.2, 0) is 18.0 Å². The first kappa shape index (κ1) is 18.0. The zero-order valence-electron chi connectivity index (χ0n) is 13.8. The number of rotatable bonds is 6. The van der Waals surface area contributed by atoms with E-state index in [1.807, 2.05) is 12.1 Å². The van der Waals surface area contributed by atoms with Crippen molar-refractivity contribution in [1.82, 2.24) is 0 Å². The van der Waals surface area contributed by atoms with Crippen molar-refractivity contribution < 1.29 is 18.7 Å². The summed E-state index contributed by atoms with van der Waals surface area (Å²) >= 11 is 5.86. The van der Waals surface area contributed by atoms with Gasteiger partial charge in [-0.05, 0) is 35.9 Å². The number of halogens is 2. The molecule has 0 N–H and O–H groups in total. The van der Waals surface area contributed by atoms with Gasteiger partial charge in [-0.2, -0.15) is 0 Å². The fraction of sp³-hybridized carbons (Fsp3) is 0.0952. The highest BCUT2D eigenvalue weighted by atomic mass is 35.5. The van der Waals surface area contributed by atoms with E-state index in [9.17, 15) is 9.18 Å². The second-order valence-electron chi connectivity index (χ2n) is 5.58. The summed E-state index contributed by atoms with van der Waals surface area (Å²) in [5.74, 6) is -0.575. The van der Waals surface area contributed by atoms with Crippen LogP contribution in [0, 0.1) is 5.82 Å².